The first kappa shape index (κ1) is 13.8. The summed E-state index contributed by atoms with van der Waals surface area (Å²) in [7, 11) is 0. The number of hydrogen-bond acceptors (Lipinski definition) is 2. The van der Waals surface area contributed by atoms with Crippen LogP contribution in [-0.4, -0.2) is 15.3 Å². The van der Waals surface area contributed by atoms with Gasteiger partial charge in [-0.1, -0.05) is 35.9 Å². The molecule has 0 bridgehead atoms. The summed E-state index contributed by atoms with van der Waals surface area (Å²) in [4.78, 5) is 17.2. The zero-order chi connectivity index (χ0) is 15.0. The summed E-state index contributed by atoms with van der Waals surface area (Å²) in [6, 6.07) is 14.6. The zero-order valence-electron chi connectivity index (χ0n) is 11.9. The lowest BCUT2D eigenvalue weighted by Gasteiger charge is -2.15. The topological polar surface area (TPSA) is 34.9 Å². The number of aromatic nitrogens is 2. The molecule has 0 amide bonds. The van der Waals surface area contributed by atoms with Gasteiger partial charge in [-0.2, -0.15) is 0 Å². The van der Waals surface area contributed by atoms with Crippen molar-refractivity contribution in [1.82, 2.24) is 9.55 Å². The maximum atomic E-state index is 12.7. The molecule has 0 N–H and O–H groups in total. The predicted molar refractivity (Wildman–Crippen MR) is 85.0 cm³/mol. The van der Waals surface area contributed by atoms with Gasteiger partial charge in [0.2, 0.25) is 0 Å². The first-order chi connectivity index (χ1) is 10.1. The minimum Gasteiger partial charge on any atom is -0.317 e. The Morgan fingerprint density at radius 1 is 1.19 bits per heavy atom. The van der Waals surface area contributed by atoms with Crippen LogP contribution >= 0.6 is 11.6 Å². The van der Waals surface area contributed by atoms with Crippen molar-refractivity contribution in [3.63, 3.8) is 0 Å². The Kier molecular flexibility index (Phi) is 3.52. The van der Waals surface area contributed by atoms with E-state index < -0.39 is 0 Å². The normalized spacial score (nSPS) is 12.5. The van der Waals surface area contributed by atoms with Gasteiger partial charge in [-0.05, 0) is 38.1 Å². The summed E-state index contributed by atoms with van der Waals surface area (Å²) in [6.45, 7) is 3.81. The third-order valence-electron chi connectivity index (χ3n) is 3.65. The van der Waals surface area contributed by atoms with Gasteiger partial charge in [0.25, 0.3) is 0 Å². The van der Waals surface area contributed by atoms with E-state index in [4.69, 9.17) is 11.6 Å². The highest BCUT2D eigenvalue weighted by molar-refractivity contribution is 6.31. The fourth-order valence-corrected chi connectivity index (χ4v) is 2.84. The highest BCUT2D eigenvalue weighted by atomic mass is 35.5. The molecule has 3 aromatic rings. The molecule has 1 aromatic heterocycles. The number of imidazole rings is 1. The lowest BCUT2D eigenvalue weighted by molar-refractivity contribution is 0.0935. The first-order valence-corrected chi connectivity index (χ1v) is 7.19. The summed E-state index contributed by atoms with van der Waals surface area (Å²) < 4.78 is 1.97. The van der Waals surface area contributed by atoms with Crippen LogP contribution in [0.4, 0.5) is 0 Å². The molecule has 3 nitrogen and oxygen atoms in total. The maximum absolute atomic E-state index is 12.7. The van der Waals surface area contributed by atoms with E-state index in [0.29, 0.717) is 10.6 Å². The van der Waals surface area contributed by atoms with Crippen LogP contribution in [0.25, 0.3) is 11.0 Å². The molecule has 3 rings (SSSR count). The molecule has 0 radical (unpaired) electrons. The van der Waals surface area contributed by atoms with Gasteiger partial charge in [0.1, 0.15) is 5.82 Å². The number of benzene rings is 2. The molecule has 0 saturated carbocycles. The van der Waals surface area contributed by atoms with Crippen molar-refractivity contribution >= 4 is 28.4 Å². The van der Waals surface area contributed by atoms with Crippen LogP contribution in [0.1, 0.15) is 29.1 Å². The van der Waals surface area contributed by atoms with Gasteiger partial charge >= 0.3 is 0 Å². The van der Waals surface area contributed by atoms with E-state index >= 15 is 0 Å². The molecular weight excluding hydrogens is 284 g/mol. The number of carbonyl (C=O) groups excluding carboxylic acids is 1. The molecule has 0 aliphatic heterocycles. The van der Waals surface area contributed by atoms with E-state index in [1.165, 1.54) is 0 Å². The predicted octanol–water partition coefficient (Wildman–Crippen LogP) is 4.44. The largest absolute Gasteiger partial charge is 0.317 e. The number of Topliss-reactive ketones (excluding diaryl/α,β-unsaturated/α-hetero) is 1. The molecule has 2 aromatic carbocycles. The molecule has 106 valence electrons. The summed E-state index contributed by atoms with van der Waals surface area (Å²) in [5, 5.41) is 0.570. The fraction of sp³-hybridized carbons (Fsp3) is 0.176. The molecule has 4 heteroatoms. The maximum Gasteiger partial charge on any atom is 0.185 e. The number of carbonyl (C=O) groups is 1. The van der Waals surface area contributed by atoms with E-state index in [0.717, 1.165) is 16.9 Å². The Labute approximate surface area is 128 Å². The molecule has 0 saturated heterocycles. The summed E-state index contributed by atoms with van der Waals surface area (Å²) in [5.41, 5.74) is 2.49. The number of hydrogen-bond donors (Lipinski definition) is 0. The second kappa shape index (κ2) is 5.34. The average molecular weight is 299 g/mol. The zero-order valence-corrected chi connectivity index (χ0v) is 12.6. The molecule has 0 fully saturated rings. The Balaban J connectivity index is 2.06. The van der Waals surface area contributed by atoms with Crippen LogP contribution in [0.5, 0.6) is 0 Å². The fourth-order valence-electron chi connectivity index (χ4n) is 2.65. The van der Waals surface area contributed by atoms with E-state index in [2.05, 4.69) is 4.98 Å². The Hall–Kier alpha value is -2.13. The summed E-state index contributed by atoms with van der Waals surface area (Å²) in [6.07, 6.45) is 0. The van der Waals surface area contributed by atoms with E-state index in [1.807, 2.05) is 42.7 Å². The Bertz CT molecular complexity index is 823. The number of fused-ring (bicyclic) bond motifs is 1. The van der Waals surface area contributed by atoms with Crippen molar-refractivity contribution < 1.29 is 4.79 Å². The molecule has 1 unspecified atom stereocenters. The monoisotopic (exact) mass is 298 g/mol. The van der Waals surface area contributed by atoms with Crippen molar-refractivity contribution in [3.8, 4) is 0 Å². The van der Waals surface area contributed by atoms with Crippen LogP contribution < -0.4 is 0 Å². The molecule has 1 heterocycles. The number of nitrogens with zero attached hydrogens (tertiary/aromatic N) is 2. The van der Waals surface area contributed by atoms with Crippen molar-refractivity contribution in [2.45, 2.75) is 19.9 Å². The highest BCUT2D eigenvalue weighted by Gasteiger charge is 2.21. The number of halogens is 1. The van der Waals surface area contributed by atoms with Crippen LogP contribution in [0.15, 0.2) is 48.5 Å². The third-order valence-corrected chi connectivity index (χ3v) is 3.88. The second-order valence-corrected chi connectivity index (χ2v) is 5.50. The number of para-hydroxylation sites is 2. The van der Waals surface area contributed by atoms with E-state index in [1.54, 1.807) is 24.3 Å². The van der Waals surface area contributed by atoms with Gasteiger partial charge in [-0.15, -0.1) is 0 Å². The average Bonchev–Trinajstić information content (AvgIpc) is 2.81. The number of aryl methyl sites for hydroxylation is 1. The van der Waals surface area contributed by atoms with Gasteiger partial charge in [-0.3, -0.25) is 4.79 Å². The Morgan fingerprint density at radius 2 is 1.95 bits per heavy atom. The lowest BCUT2D eigenvalue weighted by atomic mass is 10.1. The lowest BCUT2D eigenvalue weighted by Crippen LogP contribution is -2.17. The number of rotatable bonds is 3. The molecule has 0 spiro atoms. The van der Waals surface area contributed by atoms with Gasteiger partial charge in [-0.25, -0.2) is 4.98 Å². The van der Waals surface area contributed by atoms with E-state index in [9.17, 15) is 4.79 Å². The quantitative estimate of drug-likeness (QED) is 0.670. The summed E-state index contributed by atoms with van der Waals surface area (Å²) >= 11 is 5.97. The first-order valence-electron chi connectivity index (χ1n) is 6.81. The third kappa shape index (κ3) is 2.45. The van der Waals surface area contributed by atoms with Crippen LogP contribution in [0.3, 0.4) is 0 Å². The van der Waals surface area contributed by atoms with Crippen LogP contribution in [0, 0.1) is 6.92 Å². The molecule has 0 aliphatic carbocycles. The second-order valence-electron chi connectivity index (χ2n) is 5.07. The van der Waals surface area contributed by atoms with Crippen molar-refractivity contribution in [2.24, 2.45) is 0 Å². The molecule has 1 atom stereocenters. The molecular formula is C17H15ClN2O. The number of ketones is 1. The Morgan fingerprint density at radius 3 is 2.71 bits per heavy atom. The minimum absolute atomic E-state index is 0.0313. The standard InChI is InChI=1S/C17H15ClN2O/c1-11(17(21)13-6-5-7-14(18)10-13)20-12(2)19-15-8-3-4-9-16(15)20/h3-11H,1-2H3. The van der Waals surface area contributed by atoms with E-state index in [-0.39, 0.29) is 11.8 Å². The van der Waals surface area contributed by atoms with Gasteiger partial charge in [0.05, 0.1) is 17.1 Å². The molecule has 21 heavy (non-hydrogen) atoms. The van der Waals surface area contributed by atoms with Gasteiger partial charge in [0.15, 0.2) is 5.78 Å². The van der Waals surface area contributed by atoms with Gasteiger partial charge < -0.3 is 4.57 Å². The van der Waals surface area contributed by atoms with Crippen molar-refractivity contribution in [2.75, 3.05) is 0 Å². The van der Waals surface area contributed by atoms with Crippen molar-refractivity contribution in [3.05, 3.63) is 64.9 Å². The summed E-state index contributed by atoms with van der Waals surface area (Å²) in [5.74, 6) is 0.864. The van der Waals surface area contributed by atoms with Crippen LogP contribution in [0.2, 0.25) is 5.02 Å². The smallest absolute Gasteiger partial charge is 0.185 e. The SMILES string of the molecule is Cc1nc2ccccc2n1C(C)C(=O)c1cccc(Cl)c1. The minimum atomic E-state index is -0.323. The van der Waals surface area contributed by atoms with Gasteiger partial charge in [0, 0.05) is 10.6 Å². The van der Waals surface area contributed by atoms with Crippen molar-refractivity contribution in [1.29, 1.82) is 0 Å². The highest BCUT2D eigenvalue weighted by Crippen LogP contribution is 2.24. The van der Waals surface area contributed by atoms with Crippen LogP contribution in [-0.2, 0) is 0 Å². The molecule has 0 aliphatic rings.